The Kier molecular flexibility index (Phi) is 13.2. The first-order chi connectivity index (χ1) is 20.2. The van der Waals surface area contributed by atoms with Crippen LogP contribution in [0, 0.1) is 30.6 Å². The van der Waals surface area contributed by atoms with E-state index in [1.54, 1.807) is 25.1 Å². The molecule has 5 fully saturated rings. The summed E-state index contributed by atoms with van der Waals surface area (Å²) in [5, 5.41) is 13.2. The predicted octanol–water partition coefficient (Wildman–Crippen LogP) is 8.03. The fourth-order valence-electron chi connectivity index (χ4n) is 7.92. The Morgan fingerprint density at radius 1 is 0.929 bits per heavy atom. The predicted molar refractivity (Wildman–Crippen MR) is 171 cm³/mol. The van der Waals surface area contributed by atoms with E-state index in [4.69, 9.17) is 16.7 Å². The van der Waals surface area contributed by atoms with Crippen molar-refractivity contribution in [2.45, 2.75) is 133 Å². The first-order valence-electron chi connectivity index (χ1n) is 16.6. The number of allylic oxidation sites excluding steroid dienone is 2. The van der Waals surface area contributed by atoms with Crippen molar-refractivity contribution in [1.29, 1.82) is 0 Å². The van der Waals surface area contributed by atoms with Gasteiger partial charge in [-0.1, -0.05) is 62.3 Å². The largest absolute Gasteiger partial charge is 0.481 e. The fourth-order valence-corrected chi connectivity index (χ4v) is 9.44. The van der Waals surface area contributed by atoms with Gasteiger partial charge >= 0.3 is 5.97 Å². The molecule has 5 aliphatic carbocycles. The number of carboxylic acids is 1. The van der Waals surface area contributed by atoms with Crippen molar-refractivity contribution in [1.82, 2.24) is 10.0 Å². The van der Waals surface area contributed by atoms with Crippen molar-refractivity contribution in [2.75, 3.05) is 6.54 Å². The fraction of sp³-hybridized carbons (Fsp3) is 0.735. The molecule has 0 unspecified atom stereocenters. The Labute approximate surface area is 259 Å². The minimum Gasteiger partial charge on any atom is -0.481 e. The summed E-state index contributed by atoms with van der Waals surface area (Å²) in [6, 6.07) is 6.58. The highest BCUT2D eigenvalue weighted by Crippen LogP contribution is 2.49. The van der Waals surface area contributed by atoms with Gasteiger partial charge in [-0.3, -0.25) is 4.79 Å². The van der Waals surface area contributed by atoms with Crippen LogP contribution in [0.15, 0.2) is 35.2 Å². The number of carboxylic acid groups (broad SMARTS) is 1. The monoisotopic (exact) mass is 620 g/mol. The molecule has 5 aliphatic rings. The van der Waals surface area contributed by atoms with E-state index < -0.39 is 16.0 Å². The molecule has 236 valence electrons. The highest BCUT2D eigenvalue weighted by atomic mass is 35.5. The maximum atomic E-state index is 12.9. The molecule has 0 heterocycles. The zero-order valence-corrected chi connectivity index (χ0v) is 27.1. The smallest absolute Gasteiger partial charge is 0.303 e. The van der Waals surface area contributed by atoms with Crippen LogP contribution in [0.2, 0.25) is 5.02 Å². The lowest BCUT2D eigenvalue weighted by molar-refractivity contribution is -0.137. The van der Waals surface area contributed by atoms with E-state index >= 15 is 0 Å². The molecule has 0 radical (unpaired) electrons. The van der Waals surface area contributed by atoms with Crippen molar-refractivity contribution in [3.8, 4) is 0 Å². The number of hydrogen-bond donors (Lipinski definition) is 3. The summed E-state index contributed by atoms with van der Waals surface area (Å²) in [7, 11) is -3.58. The molecule has 2 bridgehead atoms. The number of rotatable bonds is 11. The molecule has 8 heteroatoms. The summed E-state index contributed by atoms with van der Waals surface area (Å²) in [6.45, 7) is 2.20. The van der Waals surface area contributed by atoms with Crippen LogP contribution < -0.4 is 10.0 Å². The van der Waals surface area contributed by atoms with Gasteiger partial charge in [0.05, 0.1) is 4.90 Å². The molecular weight excluding hydrogens is 568 g/mol. The summed E-state index contributed by atoms with van der Waals surface area (Å²) < 4.78 is 28.6. The molecule has 0 amide bonds. The van der Waals surface area contributed by atoms with Crippen molar-refractivity contribution >= 4 is 27.6 Å². The van der Waals surface area contributed by atoms with E-state index in [0.29, 0.717) is 47.2 Å². The number of aliphatic carboxylic acids is 1. The highest BCUT2D eigenvalue weighted by molar-refractivity contribution is 7.89. The quantitative estimate of drug-likeness (QED) is 0.172. The van der Waals surface area contributed by atoms with Gasteiger partial charge in [-0.05, 0) is 119 Å². The Bertz CT molecular complexity index is 1100. The zero-order chi connectivity index (χ0) is 30.0. The van der Waals surface area contributed by atoms with Crippen LogP contribution in [-0.2, 0) is 14.8 Å². The van der Waals surface area contributed by atoms with Crippen molar-refractivity contribution < 1.29 is 18.3 Å². The van der Waals surface area contributed by atoms with Crippen LogP contribution in [-0.4, -0.2) is 38.1 Å². The van der Waals surface area contributed by atoms with Gasteiger partial charge in [-0.15, -0.1) is 0 Å². The second kappa shape index (κ2) is 16.6. The van der Waals surface area contributed by atoms with Crippen LogP contribution in [0.3, 0.4) is 0 Å². The number of nitrogens with one attached hydrogen (secondary N) is 2. The molecule has 1 aromatic rings. The van der Waals surface area contributed by atoms with Crippen LogP contribution in [0.25, 0.3) is 0 Å². The highest BCUT2D eigenvalue weighted by Gasteiger charge is 2.42. The number of benzene rings is 1. The van der Waals surface area contributed by atoms with Gasteiger partial charge in [-0.25, -0.2) is 13.1 Å². The van der Waals surface area contributed by atoms with Crippen LogP contribution >= 0.6 is 11.6 Å². The van der Waals surface area contributed by atoms with E-state index in [-0.39, 0.29) is 11.3 Å². The Hall–Kier alpha value is -1.41. The Morgan fingerprint density at radius 3 is 2.10 bits per heavy atom. The van der Waals surface area contributed by atoms with Gasteiger partial charge in [0, 0.05) is 30.1 Å². The van der Waals surface area contributed by atoms with Gasteiger partial charge < -0.3 is 10.4 Å². The topological polar surface area (TPSA) is 95.5 Å². The molecule has 6 nitrogen and oxygen atoms in total. The number of halogens is 1. The van der Waals surface area contributed by atoms with Gasteiger partial charge in [0.1, 0.15) is 0 Å². The minimum atomic E-state index is -3.58. The summed E-state index contributed by atoms with van der Waals surface area (Å²) >= 11 is 5.96. The molecule has 3 N–H and O–H groups in total. The number of unbranched alkanes of at least 4 members (excludes halogenated alkanes) is 1. The van der Waals surface area contributed by atoms with E-state index in [1.807, 2.05) is 0 Å². The third-order valence-electron chi connectivity index (χ3n) is 10.2. The lowest BCUT2D eigenvalue weighted by Crippen LogP contribution is -2.45. The molecular formula is C34H53ClN2O4S. The maximum Gasteiger partial charge on any atom is 0.303 e. The molecule has 2 atom stereocenters. The zero-order valence-electron chi connectivity index (χ0n) is 25.5. The second-order valence-electron chi connectivity index (χ2n) is 13.2. The normalized spacial score (nSPS) is 27.1. The third-order valence-corrected chi connectivity index (χ3v) is 12.0. The number of carbonyl (C=O) groups is 1. The number of hydrogen-bond acceptors (Lipinski definition) is 4. The maximum absolute atomic E-state index is 12.9. The van der Waals surface area contributed by atoms with Crippen LogP contribution in [0.4, 0.5) is 0 Å². The van der Waals surface area contributed by atoms with Crippen LogP contribution in [0.5, 0.6) is 0 Å². The third kappa shape index (κ3) is 10.1. The van der Waals surface area contributed by atoms with Gasteiger partial charge in [0.15, 0.2) is 0 Å². The number of aryl methyl sites for hydroxylation is 1. The summed E-state index contributed by atoms with van der Waals surface area (Å²) in [5.74, 6) is 1.03. The molecule has 6 rings (SSSR count). The average Bonchev–Trinajstić information content (AvgIpc) is 2.98. The Balaban J connectivity index is 0.000000258. The first-order valence-corrected chi connectivity index (χ1v) is 18.5. The first kappa shape index (κ1) is 33.5. The van der Waals surface area contributed by atoms with E-state index in [1.165, 1.54) is 89.9 Å². The lowest BCUT2D eigenvalue weighted by atomic mass is 9.58. The minimum absolute atomic E-state index is 0.185. The van der Waals surface area contributed by atoms with Crippen molar-refractivity contribution in [3.63, 3.8) is 0 Å². The molecule has 0 aromatic heterocycles. The molecule has 5 saturated carbocycles. The summed E-state index contributed by atoms with van der Waals surface area (Å²) in [4.78, 5) is 10.9. The SMILES string of the molecule is C1CCC(NC2CCCCC2)CC1.Cc1cc(Cl)ccc1S(=O)(=O)NC[C@H]1C2CCC(CC2)[C@@H]1/C=C\CCCC(=O)O. The van der Waals surface area contributed by atoms with Crippen molar-refractivity contribution in [2.24, 2.45) is 23.7 Å². The van der Waals surface area contributed by atoms with Gasteiger partial charge in [0.2, 0.25) is 10.0 Å². The lowest BCUT2D eigenvalue weighted by Gasteiger charge is -2.48. The molecule has 1 aromatic carbocycles. The number of fused-ring (bicyclic) bond motifs is 3. The Morgan fingerprint density at radius 2 is 1.52 bits per heavy atom. The van der Waals surface area contributed by atoms with E-state index in [0.717, 1.165) is 18.5 Å². The summed E-state index contributed by atoms with van der Waals surface area (Å²) in [5.41, 5.74) is 0.644. The number of sulfonamides is 1. The molecule has 0 saturated heterocycles. The molecule has 0 aliphatic heterocycles. The van der Waals surface area contributed by atoms with Gasteiger partial charge in [0.25, 0.3) is 0 Å². The van der Waals surface area contributed by atoms with Gasteiger partial charge in [-0.2, -0.15) is 0 Å². The average molecular weight is 621 g/mol. The van der Waals surface area contributed by atoms with E-state index in [2.05, 4.69) is 22.2 Å². The molecule has 0 spiro atoms. The van der Waals surface area contributed by atoms with Crippen LogP contribution in [0.1, 0.15) is 115 Å². The standard InChI is InChI=1S/C22H30ClNO4S.C12H23N/c1-15-13-18(23)11-12-21(15)29(27,28)24-14-20-17-9-7-16(8-10-17)19(20)5-3-2-4-6-22(25)26;1-3-7-11(8-4-1)13-12-9-5-2-6-10-12/h3,5,11-13,16-17,19-20,24H,2,4,6-10,14H2,1H3,(H,25,26);11-13H,1-10H2/b5-3-;/t16?,17?,19-,20-;/m0./s1. The second-order valence-corrected chi connectivity index (χ2v) is 15.4. The summed E-state index contributed by atoms with van der Waals surface area (Å²) in [6.07, 6.45) is 25.2. The van der Waals surface area contributed by atoms with Crippen molar-refractivity contribution in [3.05, 3.63) is 40.9 Å². The van der Waals surface area contributed by atoms with E-state index in [9.17, 15) is 13.2 Å². The molecule has 42 heavy (non-hydrogen) atoms.